The van der Waals surface area contributed by atoms with Crippen molar-refractivity contribution in [1.82, 2.24) is 0 Å². The Balaban J connectivity index is 2.38. The third kappa shape index (κ3) is 2.08. The van der Waals surface area contributed by atoms with Gasteiger partial charge in [0.25, 0.3) is 0 Å². The van der Waals surface area contributed by atoms with Crippen LogP contribution in [0.5, 0.6) is 0 Å². The number of carbonyl (C=O) groups excluding carboxylic acids is 1. The molecular weight excluding hydrogens is 224 g/mol. The van der Waals surface area contributed by atoms with E-state index in [9.17, 15) is 22.4 Å². The van der Waals surface area contributed by atoms with E-state index in [4.69, 9.17) is 0 Å². The third-order valence-corrected chi connectivity index (χ3v) is 2.50. The Morgan fingerprint density at radius 1 is 1.25 bits per heavy atom. The average Bonchev–Trinajstić information content (AvgIpc) is 2.98. The van der Waals surface area contributed by atoms with Gasteiger partial charge >= 0.3 is 6.18 Å². The molecule has 0 saturated heterocycles. The highest BCUT2D eigenvalue weighted by Crippen LogP contribution is 2.35. The number of rotatable bonds is 2. The first kappa shape index (κ1) is 11.1. The third-order valence-electron chi connectivity index (χ3n) is 2.50. The van der Waals surface area contributed by atoms with Gasteiger partial charge in [0.2, 0.25) is 0 Å². The van der Waals surface area contributed by atoms with Crippen LogP contribution in [0.2, 0.25) is 0 Å². The van der Waals surface area contributed by atoms with Crippen molar-refractivity contribution in [3.8, 4) is 0 Å². The van der Waals surface area contributed by atoms with E-state index in [1.807, 2.05) is 0 Å². The molecule has 0 radical (unpaired) electrons. The molecule has 0 unspecified atom stereocenters. The van der Waals surface area contributed by atoms with Crippen LogP contribution in [0.4, 0.5) is 17.6 Å². The predicted octanol–water partition coefficient (Wildman–Crippen LogP) is 3.44. The van der Waals surface area contributed by atoms with Gasteiger partial charge in [-0.15, -0.1) is 0 Å². The van der Waals surface area contributed by atoms with Crippen LogP contribution < -0.4 is 0 Å². The van der Waals surface area contributed by atoms with Crippen molar-refractivity contribution in [2.45, 2.75) is 19.0 Å². The molecule has 0 amide bonds. The van der Waals surface area contributed by atoms with Gasteiger partial charge in [-0.1, -0.05) is 0 Å². The summed E-state index contributed by atoms with van der Waals surface area (Å²) in [6.45, 7) is 0. The molecule has 0 aromatic heterocycles. The van der Waals surface area contributed by atoms with Gasteiger partial charge in [0.15, 0.2) is 5.78 Å². The molecule has 1 fully saturated rings. The Hall–Kier alpha value is -1.39. The van der Waals surface area contributed by atoms with Crippen LogP contribution in [0.15, 0.2) is 18.2 Å². The van der Waals surface area contributed by atoms with E-state index in [0.29, 0.717) is 25.0 Å². The maximum atomic E-state index is 12.9. The highest BCUT2D eigenvalue weighted by molar-refractivity contribution is 5.99. The summed E-state index contributed by atoms with van der Waals surface area (Å²) in [7, 11) is 0. The number of alkyl halides is 3. The van der Waals surface area contributed by atoms with Crippen LogP contribution in [-0.2, 0) is 6.18 Å². The number of halogens is 4. The number of carbonyl (C=O) groups is 1. The van der Waals surface area contributed by atoms with E-state index in [1.165, 1.54) is 0 Å². The Bertz CT molecular complexity index is 432. The van der Waals surface area contributed by atoms with Crippen molar-refractivity contribution in [3.05, 3.63) is 35.1 Å². The molecule has 86 valence electrons. The Morgan fingerprint density at radius 3 is 2.38 bits per heavy atom. The first-order valence-electron chi connectivity index (χ1n) is 4.80. The fraction of sp³-hybridized carbons (Fsp3) is 0.364. The molecule has 0 heterocycles. The number of ketones is 1. The van der Waals surface area contributed by atoms with Crippen molar-refractivity contribution in [2.75, 3.05) is 0 Å². The van der Waals surface area contributed by atoms with Crippen LogP contribution in [0, 0.1) is 11.7 Å². The van der Waals surface area contributed by atoms with Crippen molar-refractivity contribution < 1.29 is 22.4 Å². The summed E-state index contributed by atoms with van der Waals surface area (Å²) >= 11 is 0. The predicted molar refractivity (Wildman–Crippen MR) is 48.5 cm³/mol. The maximum absolute atomic E-state index is 12.9. The van der Waals surface area contributed by atoms with Gasteiger partial charge in [0, 0.05) is 11.5 Å². The topological polar surface area (TPSA) is 17.1 Å². The summed E-state index contributed by atoms with van der Waals surface area (Å²) in [5.41, 5.74) is -1.43. The monoisotopic (exact) mass is 232 g/mol. The summed E-state index contributed by atoms with van der Waals surface area (Å²) in [5.74, 6) is -1.85. The number of hydrogen-bond donors (Lipinski definition) is 0. The molecule has 5 heteroatoms. The Morgan fingerprint density at radius 2 is 1.88 bits per heavy atom. The van der Waals surface area contributed by atoms with Crippen molar-refractivity contribution >= 4 is 5.78 Å². The van der Waals surface area contributed by atoms with Crippen molar-refractivity contribution in [1.29, 1.82) is 0 Å². The van der Waals surface area contributed by atoms with Gasteiger partial charge in [-0.3, -0.25) is 4.79 Å². The Labute approximate surface area is 89.1 Å². The molecule has 0 spiro atoms. The minimum atomic E-state index is -4.76. The normalized spacial score (nSPS) is 16.2. The van der Waals surface area contributed by atoms with Gasteiger partial charge < -0.3 is 0 Å². The van der Waals surface area contributed by atoms with Crippen molar-refractivity contribution in [2.24, 2.45) is 5.92 Å². The lowest BCUT2D eigenvalue weighted by Gasteiger charge is -2.09. The summed E-state index contributed by atoms with van der Waals surface area (Å²) < 4.78 is 50.0. The summed E-state index contributed by atoms with van der Waals surface area (Å²) in [4.78, 5) is 11.5. The SMILES string of the molecule is O=C(c1ccc(F)c(C(F)(F)F)c1)C1CC1. The lowest BCUT2D eigenvalue weighted by molar-refractivity contribution is -0.140. The fourth-order valence-electron chi connectivity index (χ4n) is 1.48. The molecule has 1 aliphatic carbocycles. The first-order valence-corrected chi connectivity index (χ1v) is 4.80. The molecule has 1 nitrogen and oxygen atoms in total. The van der Waals surface area contributed by atoms with Gasteiger partial charge in [-0.2, -0.15) is 13.2 Å². The van der Waals surface area contributed by atoms with Crippen LogP contribution in [0.3, 0.4) is 0 Å². The number of Topliss-reactive ketones (excluding diaryl/α,β-unsaturated/α-hetero) is 1. The second-order valence-electron chi connectivity index (χ2n) is 3.83. The quantitative estimate of drug-likeness (QED) is 0.564. The maximum Gasteiger partial charge on any atom is 0.419 e. The van der Waals surface area contributed by atoms with Crippen LogP contribution >= 0.6 is 0 Å². The van der Waals surface area contributed by atoms with E-state index in [2.05, 4.69) is 0 Å². The van der Waals surface area contributed by atoms with Crippen LogP contribution in [0.25, 0.3) is 0 Å². The molecule has 0 aliphatic heterocycles. The molecule has 0 bridgehead atoms. The summed E-state index contributed by atoms with van der Waals surface area (Å²) in [5, 5.41) is 0. The highest BCUT2D eigenvalue weighted by Gasteiger charge is 2.36. The first-order chi connectivity index (χ1) is 7.39. The standard InChI is InChI=1S/C11H8F4O/c12-9-4-3-7(10(16)6-1-2-6)5-8(9)11(13,14)15/h3-6H,1-2H2. The van der Waals surface area contributed by atoms with Gasteiger partial charge in [-0.25, -0.2) is 4.39 Å². The minimum Gasteiger partial charge on any atom is -0.294 e. The van der Waals surface area contributed by atoms with Gasteiger partial charge in [0.05, 0.1) is 5.56 Å². The molecule has 1 aromatic rings. The molecule has 1 aromatic carbocycles. The van der Waals surface area contributed by atoms with E-state index >= 15 is 0 Å². The lowest BCUT2D eigenvalue weighted by Crippen LogP contribution is -2.11. The van der Waals surface area contributed by atoms with E-state index in [0.717, 1.165) is 6.07 Å². The molecule has 1 aliphatic rings. The average molecular weight is 232 g/mol. The molecule has 1 saturated carbocycles. The zero-order valence-corrected chi connectivity index (χ0v) is 8.14. The van der Waals surface area contributed by atoms with Crippen LogP contribution in [0.1, 0.15) is 28.8 Å². The van der Waals surface area contributed by atoms with Gasteiger partial charge in [0.1, 0.15) is 5.82 Å². The lowest BCUT2D eigenvalue weighted by atomic mass is 10.0. The smallest absolute Gasteiger partial charge is 0.294 e. The minimum absolute atomic E-state index is 0.0591. The summed E-state index contributed by atoms with van der Waals surface area (Å²) in [6, 6.07) is 2.39. The second-order valence-corrected chi connectivity index (χ2v) is 3.83. The molecule has 0 N–H and O–H groups in total. The number of benzene rings is 1. The fourth-order valence-corrected chi connectivity index (χ4v) is 1.48. The molecule has 0 atom stereocenters. The molecule has 16 heavy (non-hydrogen) atoms. The summed E-state index contributed by atoms with van der Waals surface area (Å²) in [6.07, 6.45) is -3.35. The van der Waals surface area contributed by atoms with Crippen LogP contribution in [-0.4, -0.2) is 5.78 Å². The highest BCUT2D eigenvalue weighted by atomic mass is 19.4. The van der Waals surface area contributed by atoms with Crippen molar-refractivity contribution in [3.63, 3.8) is 0 Å². The van der Waals surface area contributed by atoms with E-state index in [-0.39, 0.29) is 17.3 Å². The van der Waals surface area contributed by atoms with Gasteiger partial charge in [-0.05, 0) is 31.0 Å². The Kier molecular flexibility index (Phi) is 2.48. The van der Waals surface area contributed by atoms with E-state index in [1.54, 1.807) is 0 Å². The zero-order valence-electron chi connectivity index (χ0n) is 8.14. The second kappa shape index (κ2) is 3.57. The molecular formula is C11H8F4O. The zero-order chi connectivity index (χ0) is 11.9. The molecule has 2 rings (SSSR count). The largest absolute Gasteiger partial charge is 0.419 e. The number of hydrogen-bond acceptors (Lipinski definition) is 1. The van der Waals surface area contributed by atoms with E-state index < -0.39 is 17.6 Å².